The zero-order valence-corrected chi connectivity index (χ0v) is 8.48. The van der Waals surface area contributed by atoms with Gasteiger partial charge in [-0.3, -0.25) is 0 Å². The fourth-order valence-electron chi connectivity index (χ4n) is 0.886. The number of hydrogen-bond donors (Lipinski definition) is 0. The highest BCUT2D eigenvalue weighted by Gasteiger charge is 2.16. The standard InChI is InChI=1S/C8H18OSi/c1-6-7-8(2)9-10(3,4)5/h6,8H,1,7H2,2-5H3. The highest BCUT2D eigenvalue weighted by molar-refractivity contribution is 6.69. The van der Waals surface area contributed by atoms with Gasteiger partial charge in [0.25, 0.3) is 0 Å². The molecule has 0 radical (unpaired) electrons. The van der Waals surface area contributed by atoms with Gasteiger partial charge in [-0.25, -0.2) is 0 Å². The molecule has 0 N–H and O–H groups in total. The molecule has 10 heavy (non-hydrogen) atoms. The first-order chi connectivity index (χ1) is 4.45. The van der Waals surface area contributed by atoms with Crippen LogP contribution in [0, 0.1) is 0 Å². The largest absolute Gasteiger partial charge is 0.415 e. The summed E-state index contributed by atoms with van der Waals surface area (Å²) in [6.07, 6.45) is 3.22. The van der Waals surface area contributed by atoms with Crippen molar-refractivity contribution in [1.29, 1.82) is 0 Å². The first-order valence-corrected chi connectivity index (χ1v) is 7.15. The average Bonchev–Trinajstić information content (AvgIpc) is 1.59. The van der Waals surface area contributed by atoms with Crippen molar-refractivity contribution in [3.8, 4) is 0 Å². The average molecular weight is 158 g/mol. The van der Waals surface area contributed by atoms with Gasteiger partial charge < -0.3 is 4.43 Å². The van der Waals surface area contributed by atoms with E-state index in [1.165, 1.54) is 0 Å². The molecular formula is C8H18OSi. The van der Waals surface area contributed by atoms with E-state index in [-0.39, 0.29) is 0 Å². The lowest BCUT2D eigenvalue weighted by Crippen LogP contribution is -2.30. The molecule has 60 valence electrons. The van der Waals surface area contributed by atoms with Crippen LogP contribution >= 0.6 is 0 Å². The summed E-state index contributed by atoms with van der Waals surface area (Å²) in [5, 5.41) is 0. The molecular weight excluding hydrogens is 140 g/mol. The molecule has 1 nitrogen and oxygen atoms in total. The van der Waals surface area contributed by atoms with E-state index < -0.39 is 8.32 Å². The van der Waals surface area contributed by atoms with Crippen LogP contribution in [0.3, 0.4) is 0 Å². The Hall–Kier alpha value is -0.0831. The summed E-state index contributed by atoms with van der Waals surface area (Å²) in [4.78, 5) is 0. The fourth-order valence-corrected chi connectivity index (χ4v) is 2.19. The van der Waals surface area contributed by atoms with Gasteiger partial charge in [0, 0.05) is 6.10 Å². The lowest BCUT2D eigenvalue weighted by molar-refractivity contribution is 0.218. The Morgan fingerprint density at radius 2 is 2.00 bits per heavy atom. The monoisotopic (exact) mass is 158 g/mol. The zero-order chi connectivity index (χ0) is 8.20. The lowest BCUT2D eigenvalue weighted by Gasteiger charge is -2.22. The van der Waals surface area contributed by atoms with Crippen molar-refractivity contribution in [2.24, 2.45) is 0 Å². The first kappa shape index (κ1) is 9.92. The second-order valence-corrected chi connectivity index (χ2v) is 8.03. The quantitative estimate of drug-likeness (QED) is 0.451. The van der Waals surface area contributed by atoms with Crippen molar-refractivity contribution in [2.45, 2.75) is 39.1 Å². The molecule has 0 aromatic carbocycles. The Morgan fingerprint density at radius 3 is 2.30 bits per heavy atom. The van der Waals surface area contributed by atoms with E-state index in [4.69, 9.17) is 4.43 Å². The molecule has 1 unspecified atom stereocenters. The smallest absolute Gasteiger partial charge is 0.184 e. The molecule has 0 spiro atoms. The van der Waals surface area contributed by atoms with Crippen LogP contribution in [-0.2, 0) is 4.43 Å². The normalized spacial score (nSPS) is 14.8. The molecule has 0 amide bonds. The molecule has 0 aromatic rings. The molecule has 0 fully saturated rings. The second-order valence-electron chi connectivity index (χ2n) is 3.57. The van der Waals surface area contributed by atoms with Crippen LogP contribution in [0.15, 0.2) is 12.7 Å². The van der Waals surface area contributed by atoms with Gasteiger partial charge in [0.2, 0.25) is 0 Å². The summed E-state index contributed by atoms with van der Waals surface area (Å²) in [6.45, 7) is 12.4. The van der Waals surface area contributed by atoms with Gasteiger partial charge >= 0.3 is 0 Å². The van der Waals surface area contributed by atoms with Crippen LogP contribution in [0.4, 0.5) is 0 Å². The molecule has 1 atom stereocenters. The van der Waals surface area contributed by atoms with Crippen molar-refractivity contribution in [3.63, 3.8) is 0 Å². The van der Waals surface area contributed by atoms with E-state index in [1.54, 1.807) is 0 Å². The number of rotatable bonds is 4. The summed E-state index contributed by atoms with van der Waals surface area (Å²) in [6, 6.07) is 0. The highest BCUT2D eigenvalue weighted by atomic mass is 28.4. The van der Waals surface area contributed by atoms with E-state index in [0.29, 0.717) is 6.10 Å². The van der Waals surface area contributed by atoms with Crippen LogP contribution in [0.2, 0.25) is 19.6 Å². The Bertz CT molecular complexity index is 104. The van der Waals surface area contributed by atoms with E-state index in [1.807, 2.05) is 6.08 Å². The third kappa shape index (κ3) is 6.04. The van der Waals surface area contributed by atoms with Crippen molar-refractivity contribution < 1.29 is 4.43 Å². The van der Waals surface area contributed by atoms with E-state index in [2.05, 4.69) is 33.1 Å². The molecule has 0 rings (SSSR count). The minimum atomic E-state index is -1.31. The Morgan fingerprint density at radius 1 is 1.50 bits per heavy atom. The predicted octanol–water partition coefficient (Wildman–Crippen LogP) is 2.80. The zero-order valence-electron chi connectivity index (χ0n) is 7.48. The molecule has 0 aromatic heterocycles. The Kier molecular flexibility index (Phi) is 3.90. The third-order valence-corrected chi connectivity index (χ3v) is 2.16. The van der Waals surface area contributed by atoms with E-state index in [0.717, 1.165) is 6.42 Å². The van der Waals surface area contributed by atoms with Gasteiger partial charge in [-0.1, -0.05) is 6.08 Å². The van der Waals surface area contributed by atoms with Crippen molar-refractivity contribution in [2.75, 3.05) is 0 Å². The molecule has 0 bridgehead atoms. The maximum atomic E-state index is 5.75. The number of hydrogen-bond acceptors (Lipinski definition) is 1. The van der Waals surface area contributed by atoms with Crippen LogP contribution in [0.5, 0.6) is 0 Å². The van der Waals surface area contributed by atoms with Crippen LogP contribution < -0.4 is 0 Å². The summed E-state index contributed by atoms with van der Waals surface area (Å²) in [5.41, 5.74) is 0. The molecule has 0 heterocycles. The molecule has 2 heteroatoms. The predicted molar refractivity (Wildman–Crippen MR) is 48.7 cm³/mol. The second kappa shape index (κ2) is 3.94. The van der Waals surface area contributed by atoms with Crippen molar-refractivity contribution in [3.05, 3.63) is 12.7 Å². The SMILES string of the molecule is C=CCC(C)O[Si](C)(C)C. The van der Waals surface area contributed by atoms with Crippen LogP contribution in [0.1, 0.15) is 13.3 Å². The van der Waals surface area contributed by atoms with Crippen molar-refractivity contribution >= 4 is 8.32 Å². The fraction of sp³-hybridized carbons (Fsp3) is 0.750. The minimum absolute atomic E-state index is 0.351. The maximum Gasteiger partial charge on any atom is 0.184 e. The molecule has 0 saturated heterocycles. The summed E-state index contributed by atoms with van der Waals surface area (Å²) < 4.78 is 5.75. The molecule has 0 aliphatic carbocycles. The highest BCUT2D eigenvalue weighted by Crippen LogP contribution is 2.09. The third-order valence-electron chi connectivity index (χ3n) is 1.05. The summed E-state index contributed by atoms with van der Waals surface area (Å²) >= 11 is 0. The molecule has 0 saturated carbocycles. The van der Waals surface area contributed by atoms with Gasteiger partial charge in [0.15, 0.2) is 8.32 Å². The van der Waals surface area contributed by atoms with Gasteiger partial charge in [0.05, 0.1) is 0 Å². The molecule has 0 aliphatic rings. The Labute approximate surface area is 65.2 Å². The van der Waals surface area contributed by atoms with Crippen LogP contribution in [0.25, 0.3) is 0 Å². The van der Waals surface area contributed by atoms with Gasteiger partial charge in [-0.05, 0) is 33.0 Å². The molecule has 0 aliphatic heterocycles. The van der Waals surface area contributed by atoms with E-state index in [9.17, 15) is 0 Å². The first-order valence-electron chi connectivity index (χ1n) is 3.74. The van der Waals surface area contributed by atoms with Gasteiger partial charge in [-0.2, -0.15) is 0 Å². The van der Waals surface area contributed by atoms with E-state index >= 15 is 0 Å². The van der Waals surface area contributed by atoms with Crippen molar-refractivity contribution in [1.82, 2.24) is 0 Å². The Balaban J connectivity index is 3.56. The lowest BCUT2D eigenvalue weighted by atomic mass is 10.3. The topological polar surface area (TPSA) is 9.23 Å². The van der Waals surface area contributed by atoms with Crippen LogP contribution in [-0.4, -0.2) is 14.4 Å². The maximum absolute atomic E-state index is 5.75. The summed E-state index contributed by atoms with van der Waals surface area (Å²) in [7, 11) is -1.31. The van der Waals surface area contributed by atoms with Gasteiger partial charge in [-0.15, -0.1) is 6.58 Å². The van der Waals surface area contributed by atoms with Gasteiger partial charge in [0.1, 0.15) is 0 Å². The minimum Gasteiger partial charge on any atom is -0.415 e. The summed E-state index contributed by atoms with van der Waals surface area (Å²) in [5.74, 6) is 0.